The number of aliphatic hydroxyl groups is 1. The zero-order chi connectivity index (χ0) is 19.8. The van der Waals surface area contributed by atoms with Crippen molar-refractivity contribution in [3.63, 3.8) is 0 Å². The van der Waals surface area contributed by atoms with Gasteiger partial charge < -0.3 is 10.4 Å². The molecule has 0 aliphatic heterocycles. The number of imidazole rings is 1. The maximum Gasteiger partial charge on any atom is 0.337 e. The molecule has 8 nitrogen and oxygen atoms in total. The summed E-state index contributed by atoms with van der Waals surface area (Å²) in [5.74, 6) is -0.191. The van der Waals surface area contributed by atoms with Gasteiger partial charge in [-0.15, -0.1) is 0 Å². The number of aliphatic hydroxyl groups excluding tert-OH is 1. The Morgan fingerprint density at radius 1 is 1.30 bits per heavy atom. The lowest BCUT2D eigenvalue weighted by atomic mass is 9.93. The molecule has 1 amide bonds. The Hall–Kier alpha value is -2.13. The lowest BCUT2D eigenvalue weighted by molar-refractivity contribution is 0.0944. The summed E-state index contributed by atoms with van der Waals surface area (Å²) in [7, 11) is -3.26. The number of nitrogens with zero attached hydrogens (tertiary/aromatic N) is 2. The van der Waals surface area contributed by atoms with E-state index in [0.717, 1.165) is 29.2 Å². The molecule has 1 aliphatic carbocycles. The van der Waals surface area contributed by atoms with E-state index in [-0.39, 0.29) is 12.3 Å². The number of hydrogen-bond acceptors (Lipinski definition) is 5. The van der Waals surface area contributed by atoms with Crippen LogP contribution in [0.5, 0.6) is 0 Å². The van der Waals surface area contributed by atoms with Gasteiger partial charge in [-0.3, -0.25) is 4.57 Å². The molecule has 1 aliphatic rings. The van der Waals surface area contributed by atoms with Crippen molar-refractivity contribution in [1.29, 1.82) is 0 Å². The summed E-state index contributed by atoms with van der Waals surface area (Å²) in [5.41, 5.74) is 1.18. The van der Waals surface area contributed by atoms with Crippen molar-refractivity contribution in [2.24, 2.45) is 0 Å². The number of hydrogen-bond donors (Lipinski definition) is 2. The van der Waals surface area contributed by atoms with Crippen molar-refractivity contribution in [3.8, 4) is 0 Å². The van der Waals surface area contributed by atoms with Crippen LogP contribution in [0.2, 0.25) is 0 Å². The van der Waals surface area contributed by atoms with E-state index < -0.39 is 33.7 Å². The van der Waals surface area contributed by atoms with E-state index in [0.29, 0.717) is 23.9 Å². The summed E-state index contributed by atoms with van der Waals surface area (Å²) >= 11 is 0. The highest BCUT2D eigenvalue weighted by Crippen LogP contribution is 2.20. The highest BCUT2D eigenvalue weighted by atomic mass is 32.2. The van der Waals surface area contributed by atoms with Crippen molar-refractivity contribution in [2.75, 3.05) is 12.0 Å². The van der Waals surface area contributed by atoms with Gasteiger partial charge in [-0.2, -0.15) is 0 Å². The largest absolute Gasteiger partial charge is 0.391 e. The second kappa shape index (κ2) is 7.47. The standard InChI is InChI=1S/C18H25N3O5S/c1-12-6-5-8-14-16(12)20(10-11-27(2,25)26)18(24)21(14)17(23)19-13-7-3-4-9-15(13)22/h5-6,8,13,15,22H,3-4,7,9-11H2,1-2H3,(H,19,23)/t13?,15-/m0/s1. The number of rotatable bonds is 4. The van der Waals surface area contributed by atoms with E-state index >= 15 is 0 Å². The topological polar surface area (TPSA) is 110 Å². The highest BCUT2D eigenvalue weighted by molar-refractivity contribution is 7.90. The van der Waals surface area contributed by atoms with Gasteiger partial charge in [0.2, 0.25) is 0 Å². The molecule has 0 spiro atoms. The van der Waals surface area contributed by atoms with E-state index in [1.54, 1.807) is 12.1 Å². The van der Waals surface area contributed by atoms with Crippen molar-refractivity contribution in [2.45, 2.75) is 51.3 Å². The monoisotopic (exact) mass is 395 g/mol. The number of amides is 1. The fraction of sp³-hybridized carbons (Fsp3) is 0.556. The van der Waals surface area contributed by atoms with Crippen LogP contribution in [0, 0.1) is 6.92 Å². The van der Waals surface area contributed by atoms with E-state index in [4.69, 9.17) is 0 Å². The van der Waals surface area contributed by atoms with Crippen LogP contribution >= 0.6 is 0 Å². The van der Waals surface area contributed by atoms with Gasteiger partial charge in [-0.1, -0.05) is 25.0 Å². The molecule has 2 atom stereocenters. The first kappa shape index (κ1) is 19.6. The number of carbonyl (C=O) groups is 1. The second-order valence-corrected chi connectivity index (χ2v) is 9.51. The average Bonchev–Trinajstić information content (AvgIpc) is 2.87. The minimum absolute atomic E-state index is 0.0225. The number of fused-ring (bicyclic) bond motifs is 1. The molecule has 9 heteroatoms. The maximum absolute atomic E-state index is 12.9. The van der Waals surface area contributed by atoms with Gasteiger partial charge in [0.25, 0.3) is 0 Å². The number of benzene rings is 1. The molecular formula is C18H25N3O5S. The fourth-order valence-electron chi connectivity index (χ4n) is 3.66. The predicted octanol–water partition coefficient (Wildman–Crippen LogP) is 1.02. The van der Waals surface area contributed by atoms with Gasteiger partial charge in [-0.05, 0) is 31.4 Å². The minimum Gasteiger partial charge on any atom is -0.391 e. The number of aryl methyl sites for hydroxylation is 2. The van der Waals surface area contributed by atoms with Crippen molar-refractivity contribution in [3.05, 3.63) is 34.2 Å². The van der Waals surface area contributed by atoms with E-state index in [1.807, 2.05) is 13.0 Å². The van der Waals surface area contributed by atoms with Gasteiger partial charge in [0, 0.05) is 12.8 Å². The summed E-state index contributed by atoms with van der Waals surface area (Å²) in [4.78, 5) is 25.8. The molecule has 1 unspecified atom stereocenters. The second-order valence-electron chi connectivity index (χ2n) is 7.25. The SMILES string of the molecule is Cc1cccc2c1n(CCS(C)(=O)=O)c(=O)n2C(=O)NC1CCCC[C@@H]1O. The van der Waals surface area contributed by atoms with Crippen LogP contribution in [0.15, 0.2) is 23.0 Å². The first-order valence-corrected chi connectivity index (χ1v) is 11.1. The summed E-state index contributed by atoms with van der Waals surface area (Å²) < 4.78 is 25.5. The molecule has 1 heterocycles. The molecule has 1 saturated carbocycles. The Morgan fingerprint density at radius 3 is 2.67 bits per heavy atom. The van der Waals surface area contributed by atoms with Crippen molar-refractivity contribution < 1.29 is 18.3 Å². The average molecular weight is 395 g/mol. The van der Waals surface area contributed by atoms with Gasteiger partial charge >= 0.3 is 11.7 Å². The molecule has 148 valence electrons. The van der Waals surface area contributed by atoms with Crippen molar-refractivity contribution >= 4 is 26.9 Å². The van der Waals surface area contributed by atoms with Crippen LogP contribution in [0.3, 0.4) is 0 Å². The van der Waals surface area contributed by atoms with Gasteiger partial charge in [0.15, 0.2) is 0 Å². The molecule has 1 aromatic carbocycles. The zero-order valence-corrected chi connectivity index (χ0v) is 16.3. The summed E-state index contributed by atoms with van der Waals surface area (Å²) in [6.45, 7) is 1.79. The number of para-hydroxylation sites is 1. The van der Waals surface area contributed by atoms with E-state index in [9.17, 15) is 23.1 Å². The quantitative estimate of drug-likeness (QED) is 0.803. The molecule has 2 aromatic rings. The zero-order valence-electron chi connectivity index (χ0n) is 15.5. The van der Waals surface area contributed by atoms with E-state index in [2.05, 4.69) is 5.32 Å². The lowest BCUT2D eigenvalue weighted by Crippen LogP contribution is -2.48. The highest BCUT2D eigenvalue weighted by Gasteiger charge is 2.27. The number of carbonyl (C=O) groups excluding carboxylic acids is 1. The Kier molecular flexibility index (Phi) is 5.43. The number of sulfone groups is 1. The fourth-order valence-corrected chi connectivity index (χ4v) is 4.17. The molecule has 0 bridgehead atoms. The Labute approximate surface area is 157 Å². The Bertz CT molecular complexity index is 1020. The third kappa shape index (κ3) is 4.08. The molecule has 3 rings (SSSR count). The molecule has 2 N–H and O–H groups in total. The molecule has 0 saturated heterocycles. The predicted molar refractivity (Wildman–Crippen MR) is 103 cm³/mol. The Morgan fingerprint density at radius 2 is 2.00 bits per heavy atom. The molecule has 0 radical (unpaired) electrons. The smallest absolute Gasteiger partial charge is 0.337 e. The van der Waals surface area contributed by atoms with Crippen LogP contribution in [0.25, 0.3) is 11.0 Å². The summed E-state index contributed by atoms with van der Waals surface area (Å²) in [6.07, 6.45) is 3.59. The summed E-state index contributed by atoms with van der Waals surface area (Å²) in [6, 6.07) is 4.23. The maximum atomic E-state index is 12.9. The van der Waals surface area contributed by atoms with Crippen LogP contribution in [0.1, 0.15) is 31.2 Å². The van der Waals surface area contributed by atoms with Crippen LogP contribution < -0.4 is 11.0 Å². The minimum atomic E-state index is -3.26. The third-order valence-corrected chi connectivity index (χ3v) is 6.00. The normalized spacial score (nSPS) is 20.7. The molecule has 1 aromatic heterocycles. The van der Waals surface area contributed by atoms with Crippen LogP contribution in [-0.4, -0.2) is 52.8 Å². The molecule has 27 heavy (non-hydrogen) atoms. The van der Waals surface area contributed by atoms with E-state index in [1.165, 1.54) is 4.57 Å². The molecular weight excluding hydrogens is 370 g/mol. The third-order valence-electron chi connectivity index (χ3n) is 5.08. The van der Waals surface area contributed by atoms with Gasteiger partial charge in [-0.25, -0.2) is 22.6 Å². The molecule has 1 fully saturated rings. The van der Waals surface area contributed by atoms with Crippen LogP contribution in [-0.2, 0) is 16.4 Å². The van der Waals surface area contributed by atoms with Gasteiger partial charge in [0.05, 0.1) is 28.9 Å². The van der Waals surface area contributed by atoms with Gasteiger partial charge in [0.1, 0.15) is 9.84 Å². The summed E-state index contributed by atoms with van der Waals surface area (Å²) in [5, 5.41) is 12.9. The first-order valence-electron chi connectivity index (χ1n) is 9.06. The first-order chi connectivity index (χ1) is 12.7. The number of aromatic nitrogens is 2. The Balaban J connectivity index is 2.02. The van der Waals surface area contributed by atoms with Crippen LogP contribution in [0.4, 0.5) is 4.79 Å². The number of nitrogens with one attached hydrogen (secondary N) is 1. The lowest BCUT2D eigenvalue weighted by Gasteiger charge is -2.28. The van der Waals surface area contributed by atoms with Crippen molar-refractivity contribution in [1.82, 2.24) is 14.5 Å².